The van der Waals surface area contributed by atoms with E-state index < -0.39 is 0 Å². The number of ether oxygens (including phenoxy) is 1. The van der Waals surface area contributed by atoms with Crippen molar-refractivity contribution < 1.29 is 9.53 Å². The van der Waals surface area contributed by atoms with Gasteiger partial charge in [0.15, 0.2) is 6.61 Å². The topological polar surface area (TPSA) is 55.6 Å². The van der Waals surface area contributed by atoms with Gasteiger partial charge in [0, 0.05) is 19.6 Å². The molecule has 0 unspecified atom stereocenters. The van der Waals surface area contributed by atoms with E-state index in [1.54, 1.807) is 4.90 Å². The highest BCUT2D eigenvalue weighted by Gasteiger charge is 2.09. The summed E-state index contributed by atoms with van der Waals surface area (Å²) in [5.41, 5.74) is 6.54. The van der Waals surface area contributed by atoms with E-state index in [1.165, 1.54) is 0 Å². The zero-order valence-corrected chi connectivity index (χ0v) is 10.5. The molecule has 1 rings (SSSR count). The lowest BCUT2D eigenvalue weighted by molar-refractivity contribution is -0.132. The van der Waals surface area contributed by atoms with Crippen LogP contribution in [0.3, 0.4) is 0 Å². The summed E-state index contributed by atoms with van der Waals surface area (Å²) in [5, 5.41) is 0. The van der Waals surface area contributed by atoms with Crippen LogP contribution in [0.25, 0.3) is 0 Å². The lowest BCUT2D eigenvalue weighted by Gasteiger charge is -2.18. The maximum atomic E-state index is 11.7. The fraction of sp³-hybridized carbons (Fsp3) is 0.462. The van der Waals surface area contributed by atoms with Crippen LogP contribution in [0.5, 0.6) is 5.75 Å². The van der Waals surface area contributed by atoms with E-state index in [9.17, 15) is 4.79 Å². The molecule has 0 atom stereocenters. The van der Waals surface area contributed by atoms with Gasteiger partial charge in [0.1, 0.15) is 5.75 Å². The third-order valence-corrected chi connectivity index (χ3v) is 2.64. The van der Waals surface area contributed by atoms with Crippen molar-refractivity contribution in [1.82, 2.24) is 4.90 Å². The van der Waals surface area contributed by atoms with Gasteiger partial charge in [-0.3, -0.25) is 4.79 Å². The van der Waals surface area contributed by atoms with Crippen LogP contribution in [0.1, 0.15) is 19.4 Å². The summed E-state index contributed by atoms with van der Waals surface area (Å²) in [5.74, 6) is 0.709. The molecule has 1 amide bonds. The van der Waals surface area contributed by atoms with Crippen molar-refractivity contribution in [3.8, 4) is 5.75 Å². The Balaban J connectivity index is 2.46. The number of benzene rings is 1. The van der Waals surface area contributed by atoms with Crippen molar-refractivity contribution in [1.29, 1.82) is 0 Å². The van der Waals surface area contributed by atoms with Gasteiger partial charge in [-0.05, 0) is 31.5 Å². The molecule has 0 saturated carbocycles. The highest BCUT2D eigenvalue weighted by Crippen LogP contribution is 2.11. The second kappa shape index (κ2) is 6.91. The molecule has 17 heavy (non-hydrogen) atoms. The van der Waals surface area contributed by atoms with Gasteiger partial charge < -0.3 is 15.4 Å². The lowest BCUT2D eigenvalue weighted by atomic mass is 10.2. The van der Waals surface area contributed by atoms with Crippen LogP contribution in [0.4, 0.5) is 0 Å². The molecule has 0 aliphatic heterocycles. The maximum absolute atomic E-state index is 11.7. The summed E-state index contributed by atoms with van der Waals surface area (Å²) in [4.78, 5) is 13.4. The molecular formula is C13H20N2O2. The van der Waals surface area contributed by atoms with Gasteiger partial charge in [-0.2, -0.15) is 0 Å². The predicted molar refractivity (Wildman–Crippen MR) is 67.8 cm³/mol. The summed E-state index contributed by atoms with van der Waals surface area (Å²) in [6, 6.07) is 7.46. The first-order valence-electron chi connectivity index (χ1n) is 5.90. The molecule has 0 saturated heterocycles. The van der Waals surface area contributed by atoms with Crippen molar-refractivity contribution in [2.24, 2.45) is 5.73 Å². The number of hydrogen-bond donors (Lipinski definition) is 1. The van der Waals surface area contributed by atoms with Crippen molar-refractivity contribution >= 4 is 5.91 Å². The van der Waals surface area contributed by atoms with Gasteiger partial charge in [0.05, 0.1) is 0 Å². The quantitative estimate of drug-likeness (QED) is 0.812. The highest BCUT2D eigenvalue weighted by molar-refractivity contribution is 5.77. The molecule has 0 spiro atoms. The molecule has 1 aromatic carbocycles. The SMILES string of the molecule is CCN(CC)C(=O)COc1ccc(CN)cc1. The second-order valence-corrected chi connectivity index (χ2v) is 3.70. The number of likely N-dealkylation sites (N-methyl/N-ethyl adjacent to an activating group) is 1. The first-order valence-corrected chi connectivity index (χ1v) is 5.90. The van der Waals surface area contributed by atoms with Crippen molar-refractivity contribution in [2.75, 3.05) is 19.7 Å². The van der Waals surface area contributed by atoms with Crippen LogP contribution in [0.2, 0.25) is 0 Å². The van der Waals surface area contributed by atoms with Crippen molar-refractivity contribution in [2.45, 2.75) is 20.4 Å². The molecule has 0 aromatic heterocycles. The number of carbonyl (C=O) groups is 1. The fourth-order valence-corrected chi connectivity index (χ4v) is 1.53. The first-order chi connectivity index (χ1) is 8.21. The molecule has 0 bridgehead atoms. The molecule has 4 heteroatoms. The minimum absolute atomic E-state index is 0.0119. The average Bonchev–Trinajstić information content (AvgIpc) is 2.38. The van der Waals surface area contributed by atoms with E-state index in [0.717, 1.165) is 5.56 Å². The van der Waals surface area contributed by atoms with Gasteiger partial charge in [-0.15, -0.1) is 0 Å². The monoisotopic (exact) mass is 236 g/mol. The van der Waals surface area contributed by atoms with E-state index in [1.807, 2.05) is 38.1 Å². The summed E-state index contributed by atoms with van der Waals surface area (Å²) < 4.78 is 5.42. The first kappa shape index (κ1) is 13.5. The standard InChI is InChI=1S/C13H20N2O2/c1-3-15(4-2)13(16)10-17-12-7-5-11(9-14)6-8-12/h5-8H,3-4,9-10,14H2,1-2H3. The van der Waals surface area contributed by atoms with E-state index >= 15 is 0 Å². The zero-order valence-electron chi connectivity index (χ0n) is 10.5. The summed E-state index contributed by atoms with van der Waals surface area (Å²) in [7, 11) is 0. The van der Waals surface area contributed by atoms with E-state index in [4.69, 9.17) is 10.5 Å². The molecule has 0 heterocycles. The molecule has 4 nitrogen and oxygen atoms in total. The Morgan fingerprint density at radius 2 is 1.82 bits per heavy atom. The van der Waals surface area contributed by atoms with Crippen LogP contribution >= 0.6 is 0 Å². The molecule has 0 radical (unpaired) electrons. The molecule has 0 aliphatic carbocycles. The predicted octanol–water partition coefficient (Wildman–Crippen LogP) is 1.39. The van der Waals surface area contributed by atoms with Gasteiger partial charge in [0.25, 0.3) is 5.91 Å². The second-order valence-electron chi connectivity index (χ2n) is 3.70. The summed E-state index contributed by atoms with van der Waals surface area (Å²) in [6.07, 6.45) is 0. The third kappa shape index (κ3) is 4.07. The molecule has 94 valence electrons. The van der Waals surface area contributed by atoms with Crippen LogP contribution in [-0.4, -0.2) is 30.5 Å². The highest BCUT2D eigenvalue weighted by atomic mass is 16.5. The molecular weight excluding hydrogens is 216 g/mol. The zero-order chi connectivity index (χ0) is 12.7. The number of rotatable bonds is 6. The Labute approximate surface area is 102 Å². The Morgan fingerprint density at radius 3 is 2.29 bits per heavy atom. The minimum Gasteiger partial charge on any atom is -0.484 e. The van der Waals surface area contributed by atoms with E-state index in [0.29, 0.717) is 25.4 Å². The van der Waals surface area contributed by atoms with Gasteiger partial charge in [-0.1, -0.05) is 12.1 Å². The van der Waals surface area contributed by atoms with Crippen LogP contribution in [-0.2, 0) is 11.3 Å². The van der Waals surface area contributed by atoms with Gasteiger partial charge >= 0.3 is 0 Å². The Bertz CT molecular complexity index is 345. The Kier molecular flexibility index (Phi) is 5.49. The van der Waals surface area contributed by atoms with Crippen molar-refractivity contribution in [3.05, 3.63) is 29.8 Å². The third-order valence-electron chi connectivity index (χ3n) is 2.64. The van der Waals surface area contributed by atoms with Gasteiger partial charge in [-0.25, -0.2) is 0 Å². The minimum atomic E-state index is 0.0119. The Morgan fingerprint density at radius 1 is 1.24 bits per heavy atom. The smallest absolute Gasteiger partial charge is 0.260 e. The van der Waals surface area contributed by atoms with Crippen LogP contribution in [0, 0.1) is 0 Å². The van der Waals surface area contributed by atoms with Gasteiger partial charge in [0.2, 0.25) is 0 Å². The van der Waals surface area contributed by atoms with Crippen LogP contribution in [0.15, 0.2) is 24.3 Å². The Hall–Kier alpha value is -1.55. The number of nitrogens with two attached hydrogens (primary N) is 1. The van der Waals surface area contributed by atoms with E-state index in [-0.39, 0.29) is 12.5 Å². The summed E-state index contributed by atoms with van der Waals surface area (Å²) in [6.45, 7) is 5.94. The maximum Gasteiger partial charge on any atom is 0.260 e. The number of carbonyl (C=O) groups excluding carboxylic acids is 1. The number of nitrogens with zero attached hydrogens (tertiary/aromatic N) is 1. The largest absolute Gasteiger partial charge is 0.484 e. The van der Waals surface area contributed by atoms with Crippen LogP contribution < -0.4 is 10.5 Å². The summed E-state index contributed by atoms with van der Waals surface area (Å²) >= 11 is 0. The lowest BCUT2D eigenvalue weighted by Crippen LogP contribution is -2.34. The normalized spacial score (nSPS) is 10.1. The molecule has 0 aliphatic rings. The van der Waals surface area contributed by atoms with E-state index in [2.05, 4.69) is 0 Å². The fourth-order valence-electron chi connectivity index (χ4n) is 1.53. The molecule has 1 aromatic rings. The number of amides is 1. The molecule has 2 N–H and O–H groups in total. The van der Waals surface area contributed by atoms with Crippen molar-refractivity contribution in [3.63, 3.8) is 0 Å². The average molecular weight is 236 g/mol. The number of hydrogen-bond acceptors (Lipinski definition) is 3. The molecule has 0 fully saturated rings.